The molecule has 5 amide bonds. The van der Waals surface area contributed by atoms with E-state index in [2.05, 4.69) is 15.3 Å². The highest BCUT2D eigenvalue weighted by atomic mass is 19.1. The van der Waals surface area contributed by atoms with Crippen LogP contribution < -0.4 is 5.32 Å². The number of aromatic nitrogens is 2. The van der Waals surface area contributed by atoms with Gasteiger partial charge in [-0.05, 0) is 100 Å². The molecule has 0 atom stereocenters. The molecule has 16 nitrogen and oxygen atoms in total. The van der Waals surface area contributed by atoms with Crippen molar-refractivity contribution in [3.05, 3.63) is 81.0 Å². The molecule has 0 unspecified atom stereocenters. The lowest BCUT2D eigenvalue weighted by molar-refractivity contribution is 0.0520. The van der Waals surface area contributed by atoms with E-state index >= 15 is 0 Å². The van der Waals surface area contributed by atoms with E-state index in [0.717, 1.165) is 75.7 Å². The Morgan fingerprint density at radius 2 is 1.13 bits per heavy atom. The molecule has 8 rings (SSSR count). The number of halogens is 2. The minimum atomic E-state index is -0.681. The molecule has 1 N–H and O–H groups in total. The zero-order valence-electron chi connectivity index (χ0n) is 34.9. The van der Waals surface area contributed by atoms with E-state index in [-0.39, 0.29) is 43.3 Å². The Morgan fingerprint density at radius 3 is 1.57 bits per heavy atom. The molecule has 0 aliphatic carbocycles. The maximum atomic E-state index is 14.6. The standard InChI is InChI=1S/C24H31FN4O4.C19H21FN6O2/c1-24(2,3)33-22(31)26-13-20(30)19-15-28-9-10-29(23(32)27-7-5-4-6-8-27)14-16-11-17(25)12-18(19)21(16)28;20-14-8-13-11-26(19(28)24-4-2-1-3-5-24)7-6-25-12-16(15(9-14)18(13)25)17(27)10-22-23-21/h11-12,15H,4-10,13-14H2,1-3H3,(H,26,31);8-9,12H,1-7,10-11H2. The lowest BCUT2D eigenvalue weighted by atomic mass is 10.1. The molecule has 2 aromatic heterocycles. The number of nitrogens with zero attached hydrogens (tertiary/aromatic N) is 9. The minimum absolute atomic E-state index is 0.0116. The van der Waals surface area contributed by atoms with Gasteiger partial charge in [0.1, 0.15) is 17.2 Å². The normalized spacial score (nSPS) is 16.5. The Morgan fingerprint density at radius 1 is 0.672 bits per heavy atom. The summed E-state index contributed by atoms with van der Waals surface area (Å²) in [5.74, 6) is -1.59. The van der Waals surface area contributed by atoms with E-state index in [1.807, 2.05) is 18.9 Å². The quantitative estimate of drug-likeness (QED) is 0.0904. The molecule has 6 heterocycles. The van der Waals surface area contributed by atoms with Crippen molar-refractivity contribution in [2.24, 2.45) is 5.11 Å². The molecular weight excluding hydrogens is 791 g/mol. The first-order chi connectivity index (χ1) is 29.2. The van der Waals surface area contributed by atoms with Gasteiger partial charge in [0.05, 0.1) is 24.1 Å². The van der Waals surface area contributed by atoms with Crippen LogP contribution in [0, 0.1) is 11.6 Å². The van der Waals surface area contributed by atoms with Crippen LogP contribution in [0.5, 0.6) is 0 Å². The highest BCUT2D eigenvalue weighted by Gasteiger charge is 2.30. The summed E-state index contributed by atoms with van der Waals surface area (Å²) >= 11 is 0. The van der Waals surface area contributed by atoms with Crippen molar-refractivity contribution in [1.29, 1.82) is 0 Å². The van der Waals surface area contributed by atoms with Crippen molar-refractivity contribution in [2.45, 2.75) is 91.1 Å². The molecular formula is C43H52F2N10O6. The van der Waals surface area contributed by atoms with Gasteiger partial charge in [0, 0.05) is 105 Å². The van der Waals surface area contributed by atoms with E-state index in [4.69, 9.17) is 10.3 Å². The summed E-state index contributed by atoms with van der Waals surface area (Å²) in [6.45, 7) is 10.3. The third kappa shape index (κ3) is 9.75. The van der Waals surface area contributed by atoms with Gasteiger partial charge < -0.3 is 38.8 Å². The predicted molar refractivity (Wildman–Crippen MR) is 223 cm³/mol. The summed E-state index contributed by atoms with van der Waals surface area (Å²) in [7, 11) is 0. The molecule has 0 bridgehead atoms. The van der Waals surface area contributed by atoms with E-state index in [1.165, 1.54) is 24.3 Å². The first kappa shape index (κ1) is 42.9. The highest BCUT2D eigenvalue weighted by Crippen LogP contribution is 2.32. The van der Waals surface area contributed by atoms with Crippen molar-refractivity contribution < 1.29 is 37.5 Å². The molecule has 324 valence electrons. The number of likely N-dealkylation sites (tertiary alicyclic amines) is 2. The zero-order chi connectivity index (χ0) is 43.4. The zero-order valence-corrected chi connectivity index (χ0v) is 34.9. The summed E-state index contributed by atoms with van der Waals surface area (Å²) in [6.07, 6.45) is 9.02. The van der Waals surface area contributed by atoms with Crippen LogP contribution in [0.2, 0.25) is 0 Å². The number of azide groups is 1. The Hall–Kier alpha value is -6.16. The third-order valence-corrected chi connectivity index (χ3v) is 11.4. The number of Topliss-reactive ketones (excluding diaryl/α,β-unsaturated/α-hetero) is 2. The van der Waals surface area contributed by atoms with Crippen LogP contribution in [-0.2, 0) is 30.9 Å². The Balaban J connectivity index is 0.000000186. The smallest absolute Gasteiger partial charge is 0.408 e. The van der Waals surface area contributed by atoms with Crippen molar-refractivity contribution in [1.82, 2.24) is 34.1 Å². The second-order valence-corrected chi connectivity index (χ2v) is 17.0. The molecule has 4 aliphatic heterocycles. The van der Waals surface area contributed by atoms with Gasteiger partial charge in [-0.15, -0.1) is 0 Å². The van der Waals surface area contributed by atoms with Gasteiger partial charge in [-0.1, -0.05) is 5.11 Å². The second-order valence-electron chi connectivity index (χ2n) is 17.0. The number of piperidine rings is 2. The van der Waals surface area contributed by atoms with Crippen molar-refractivity contribution in [2.75, 3.05) is 52.4 Å². The van der Waals surface area contributed by atoms with Crippen molar-refractivity contribution in [3.8, 4) is 0 Å². The molecule has 2 fully saturated rings. The van der Waals surface area contributed by atoms with Gasteiger partial charge in [-0.2, -0.15) is 0 Å². The van der Waals surface area contributed by atoms with Gasteiger partial charge in [-0.25, -0.2) is 23.2 Å². The Labute approximate surface area is 352 Å². The number of carbonyl (C=O) groups excluding carboxylic acids is 5. The molecule has 18 heteroatoms. The van der Waals surface area contributed by atoms with E-state index < -0.39 is 23.3 Å². The Kier molecular flexibility index (Phi) is 12.8. The fraction of sp³-hybridized carbons (Fsp3) is 0.512. The molecule has 0 saturated carbocycles. The number of ether oxygens (including phenoxy) is 1. The fourth-order valence-corrected chi connectivity index (χ4v) is 8.68. The van der Waals surface area contributed by atoms with Crippen LogP contribution in [0.1, 0.15) is 91.1 Å². The third-order valence-electron chi connectivity index (χ3n) is 11.4. The topological polar surface area (TPSA) is 178 Å². The number of amides is 5. The van der Waals surface area contributed by atoms with Gasteiger partial charge in [0.2, 0.25) is 0 Å². The van der Waals surface area contributed by atoms with Gasteiger partial charge in [0.25, 0.3) is 0 Å². The molecule has 0 radical (unpaired) electrons. The van der Waals surface area contributed by atoms with Gasteiger partial charge in [-0.3, -0.25) is 9.59 Å². The van der Waals surface area contributed by atoms with Crippen LogP contribution >= 0.6 is 0 Å². The van der Waals surface area contributed by atoms with Gasteiger partial charge in [0.15, 0.2) is 11.6 Å². The van der Waals surface area contributed by atoms with Crippen molar-refractivity contribution >= 4 is 51.5 Å². The van der Waals surface area contributed by atoms with Gasteiger partial charge >= 0.3 is 18.2 Å². The lowest BCUT2D eigenvalue weighted by Gasteiger charge is -2.32. The summed E-state index contributed by atoms with van der Waals surface area (Å²) in [4.78, 5) is 73.0. The molecule has 0 spiro atoms. The minimum Gasteiger partial charge on any atom is -0.444 e. The molecule has 2 saturated heterocycles. The highest BCUT2D eigenvalue weighted by molar-refractivity contribution is 6.11. The first-order valence-corrected chi connectivity index (χ1v) is 20.9. The number of alkyl carbamates (subject to hydrolysis) is 1. The molecule has 4 aliphatic rings. The molecule has 4 aromatic rings. The van der Waals surface area contributed by atoms with Crippen LogP contribution in [0.3, 0.4) is 0 Å². The molecule has 61 heavy (non-hydrogen) atoms. The average molecular weight is 843 g/mol. The summed E-state index contributed by atoms with van der Waals surface area (Å²) in [5, 5.41) is 6.79. The summed E-state index contributed by atoms with van der Waals surface area (Å²) in [5.41, 5.74) is 11.3. The number of hydrogen-bond acceptors (Lipinski definition) is 7. The van der Waals surface area contributed by atoms with E-state index in [9.17, 15) is 32.8 Å². The first-order valence-electron chi connectivity index (χ1n) is 20.9. The maximum absolute atomic E-state index is 14.6. The van der Waals surface area contributed by atoms with Crippen LogP contribution in [0.4, 0.5) is 23.2 Å². The number of ketones is 2. The SMILES string of the molecule is CC(C)(C)OC(=O)NCC(=O)c1cn2c3c(cc(F)cc13)CN(C(=O)N1CCCCC1)CC2.[N-]=[N+]=NCC(=O)c1cn2c3c(cc(F)cc13)CN(C(=O)N1CCCCC1)CC2. The Bertz CT molecular complexity index is 2400. The number of hydrogen-bond donors (Lipinski definition) is 1. The van der Waals surface area contributed by atoms with Crippen LogP contribution in [-0.4, -0.2) is 116 Å². The van der Waals surface area contributed by atoms with E-state index in [1.54, 1.807) is 43.0 Å². The van der Waals surface area contributed by atoms with E-state index in [0.29, 0.717) is 65.8 Å². The van der Waals surface area contributed by atoms with Crippen LogP contribution in [0.25, 0.3) is 32.2 Å². The number of urea groups is 2. The second kappa shape index (κ2) is 18.2. The average Bonchev–Trinajstić information content (AvgIpc) is 3.66. The number of carbonyl (C=O) groups is 5. The molecule has 2 aromatic carbocycles. The number of rotatable bonds is 6. The maximum Gasteiger partial charge on any atom is 0.408 e. The predicted octanol–water partition coefficient (Wildman–Crippen LogP) is 7.60. The summed E-state index contributed by atoms with van der Waals surface area (Å²) in [6, 6.07) is 5.52. The summed E-state index contributed by atoms with van der Waals surface area (Å²) < 4.78 is 37.9. The lowest BCUT2D eigenvalue weighted by Crippen LogP contribution is -2.45. The largest absolute Gasteiger partial charge is 0.444 e. The number of benzene rings is 2. The monoisotopic (exact) mass is 842 g/mol. The fourth-order valence-electron chi connectivity index (χ4n) is 8.68. The number of nitrogens with one attached hydrogen (secondary N) is 1. The van der Waals surface area contributed by atoms with Crippen molar-refractivity contribution in [3.63, 3.8) is 0 Å². The van der Waals surface area contributed by atoms with Crippen LogP contribution in [0.15, 0.2) is 41.8 Å².